The molecule has 0 radical (unpaired) electrons. The van der Waals surface area contributed by atoms with E-state index in [1.54, 1.807) is 11.9 Å². The van der Waals surface area contributed by atoms with Crippen LogP contribution in [-0.2, 0) is 4.79 Å². The number of aliphatic hydroxyl groups is 1. The largest absolute Gasteiger partial charge is 0.396 e. The van der Waals surface area contributed by atoms with Gasteiger partial charge >= 0.3 is 0 Å². The van der Waals surface area contributed by atoms with Crippen molar-refractivity contribution in [3.05, 3.63) is 29.3 Å². The van der Waals surface area contributed by atoms with E-state index in [0.717, 1.165) is 11.3 Å². The van der Waals surface area contributed by atoms with Gasteiger partial charge in [0.2, 0.25) is 5.91 Å². The van der Waals surface area contributed by atoms with Gasteiger partial charge in [0, 0.05) is 12.7 Å². The predicted octanol–water partition coefficient (Wildman–Crippen LogP) is 2.28. The number of anilines is 1. The van der Waals surface area contributed by atoms with Crippen LogP contribution in [0.3, 0.4) is 0 Å². The number of amides is 1. The number of aliphatic hydroxyl groups excluding tert-OH is 1. The van der Waals surface area contributed by atoms with Crippen LogP contribution in [0.4, 0.5) is 5.69 Å². The SMILES string of the molecule is CCC(CO)C(=O)N(C)c1ccc(C)cc1C. The number of nitrogens with zero attached hydrogens (tertiary/aromatic N) is 1. The average Bonchev–Trinajstić information content (AvgIpc) is 2.29. The quantitative estimate of drug-likeness (QED) is 0.869. The standard InChI is InChI=1S/C14H21NO2/c1-5-12(9-16)14(17)15(4)13-7-6-10(2)8-11(13)3/h6-8,12,16H,5,9H2,1-4H3. The van der Waals surface area contributed by atoms with E-state index in [2.05, 4.69) is 6.07 Å². The highest BCUT2D eigenvalue weighted by molar-refractivity contribution is 5.95. The van der Waals surface area contributed by atoms with Gasteiger partial charge in [-0.3, -0.25) is 4.79 Å². The number of carbonyl (C=O) groups excluding carboxylic acids is 1. The first-order valence-corrected chi connectivity index (χ1v) is 5.97. The molecule has 0 saturated carbocycles. The lowest BCUT2D eigenvalue weighted by Crippen LogP contribution is -2.34. The van der Waals surface area contributed by atoms with Crippen LogP contribution in [0.1, 0.15) is 24.5 Å². The number of benzene rings is 1. The second-order valence-electron chi connectivity index (χ2n) is 4.47. The Bertz CT molecular complexity index is 397. The summed E-state index contributed by atoms with van der Waals surface area (Å²) in [6.07, 6.45) is 0.657. The molecule has 3 nitrogen and oxygen atoms in total. The first-order chi connectivity index (χ1) is 8.01. The van der Waals surface area contributed by atoms with Crippen molar-refractivity contribution in [1.29, 1.82) is 0 Å². The van der Waals surface area contributed by atoms with Crippen LogP contribution in [0.15, 0.2) is 18.2 Å². The molecule has 17 heavy (non-hydrogen) atoms. The first kappa shape index (κ1) is 13.7. The molecule has 0 heterocycles. The zero-order valence-corrected chi connectivity index (χ0v) is 11.0. The molecule has 1 amide bonds. The van der Waals surface area contributed by atoms with Crippen LogP contribution in [0, 0.1) is 19.8 Å². The van der Waals surface area contributed by atoms with Crippen molar-refractivity contribution < 1.29 is 9.90 Å². The van der Waals surface area contributed by atoms with Crippen molar-refractivity contribution in [2.24, 2.45) is 5.92 Å². The van der Waals surface area contributed by atoms with Gasteiger partial charge in [-0.15, -0.1) is 0 Å². The number of hydrogen-bond donors (Lipinski definition) is 1. The highest BCUT2D eigenvalue weighted by Crippen LogP contribution is 2.22. The minimum atomic E-state index is -0.305. The lowest BCUT2D eigenvalue weighted by Gasteiger charge is -2.23. The molecule has 0 aliphatic heterocycles. The summed E-state index contributed by atoms with van der Waals surface area (Å²) in [6.45, 7) is 5.84. The summed E-state index contributed by atoms with van der Waals surface area (Å²) in [5.74, 6) is -0.331. The third-order valence-corrected chi connectivity index (χ3v) is 3.11. The van der Waals surface area contributed by atoms with Crippen molar-refractivity contribution >= 4 is 11.6 Å². The molecule has 1 rings (SSSR count). The summed E-state index contributed by atoms with van der Waals surface area (Å²) in [4.78, 5) is 13.7. The van der Waals surface area contributed by atoms with E-state index < -0.39 is 0 Å². The van der Waals surface area contributed by atoms with Crippen LogP contribution in [-0.4, -0.2) is 24.7 Å². The van der Waals surface area contributed by atoms with Crippen molar-refractivity contribution in [2.75, 3.05) is 18.6 Å². The fraction of sp³-hybridized carbons (Fsp3) is 0.500. The molecule has 1 aromatic carbocycles. The van der Waals surface area contributed by atoms with Crippen LogP contribution in [0.2, 0.25) is 0 Å². The zero-order valence-electron chi connectivity index (χ0n) is 11.0. The maximum Gasteiger partial charge on any atom is 0.232 e. The predicted molar refractivity (Wildman–Crippen MR) is 70.2 cm³/mol. The fourth-order valence-corrected chi connectivity index (χ4v) is 1.96. The Morgan fingerprint density at radius 2 is 2.06 bits per heavy atom. The Labute approximate surface area is 103 Å². The lowest BCUT2D eigenvalue weighted by atomic mass is 10.0. The van der Waals surface area contributed by atoms with Gasteiger partial charge in [0.25, 0.3) is 0 Å². The molecule has 0 fully saturated rings. The van der Waals surface area contributed by atoms with Gasteiger partial charge in [0.15, 0.2) is 0 Å². The molecule has 0 aromatic heterocycles. The van der Waals surface area contributed by atoms with E-state index in [1.807, 2.05) is 32.9 Å². The zero-order chi connectivity index (χ0) is 13.0. The molecule has 94 valence electrons. The monoisotopic (exact) mass is 235 g/mol. The van der Waals surface area contributed by atoms with E-state index in [1.165, 1.54) is 5.56 Å². The van der Waals surface area contributed by atoms with Crippen LogP contribution in [0.25, 0.3) is 0 Å². The van der Waals surface area contributed by atoms with Gasteiger partial charge in [-0.05, 0) is 31.9 Å². The first-order valence-electron chi connectivity index (χ1n) is 5.97. The molecule has 1 atom stereocenters. The van der Waals surface area contributed by atoms with E-state index in [4.69, 9.17) is 5.11 Å². The van der Waals surface area contributed by atoms with Gasteiger partial charge in [-0.25, -0.2) is 0 Å². The molecular formula is C14H21NO2. The Kier molecular flexibility index (Phi) is 4.70. The van der Waals surface area contributed by atoms with Crippen LogP contribution in [0.5, 0.6) is 0 Å². The number of rotatable bonds is 4. The van der Waals surface area contributed by atoms with Crippen molar-refractivity contribution in [1.82, 2.24) is 0 Å². The summed E-state index contributed by atoms with van der Waals surface area (Å²) >= 11 is 0. The summed E-state index contributed by atoms with van der Waals surface area (Å²) in [7, 11) is 1.76. The Hall–Kier alpha value is -1.35. The second kappa shape index (κ2) is 5.82. The van der Waals surface area contributed by atoms with Crippen molar-refractivity contribution in [2.45, 2.75) is 27.2 Å². The van der Waals surface area contributed by atoms with E-state index >= 15 is 0 Å². The molecule has 1 unspecified atom stereocenters. The Balaban J connectivity index is 2.95. The third-order valence-electron chi connectivity index (χ3n) is 3.11. The van der Waals surface area contributed by atoms with Crippen LogP contribution < -0.4 is 4.90 Å². The Morgan fingerprint density at radius 3 is 2.53 bits per heavy atom. The van der Waals surface area contributed by atoms with E-state index in [-0.39, 0.29) is 18.4 Å². The summed E-state index contributed by atoms with van der Waals surface area (Å²) < 4.78 is 0. The molecule has 0 spiro atoms. The van der Waals surface area contributed by atoms with Crippen molar-refractivity contribution in [3.8, 4) is 0 Å². The fourth-order valence-electron chi connectivity index (χ4n) is 1.96. The number of carbonyl (C=O) groups is 1. The summed E-state index contributed by atoms with van der Waals surface area (Å²) in [5, 5.41) is 9.16. The topological polar surface area (TPSA) is 40.5 Å². The number of hydrogen-bond acceptors (Lipinski definition) is 2. The van der Waals surface area contributed by atoms with E-state index in [9.17, 15) is 4.79 Å². The van der Waals surface area contributed by atoms with Gasteiger partial charge < -0.3 is 10.0 Å². The highest BCUT2D eigenvalue weighted by atomic mass is 16.3. The lowest BCUT2D eigenvalue weighted by molar-refractivity contribution is -0.123. The maximum atomic E-state index is 12.1. The van der Waals surface area contributed by atoms with Gasteiger partial charge in [0.1, 0.15) is 0 Å². The third kappa shape index (κ3) is 3.07. The normalized spacial score (nSPS) is 12.3. The minimum absolute atomic E-state index is 0.0260. The van der Waals surface area contributed by atoms with Gasteiger partial charge in [0.05, 0.1) is 12.5 Å². The molecule has 0 saturated heterocycles. The Morgan fingerprint density at radius 1 is 1.41 bits per heavy atom. The van der Waals surface area contributed by atoms with Gasteiger partial charge in [-0.1, -0.05) is 24.6 Å². The second-order valence-corrected chi connectivity index (χ2v) is 4.47. The van der Waals surface area contributed by atoms with Gasteiger partial charge in [-0.2, -0.15) is 0 Å². The van der Waals surface area contributed by atoms with Crippen molar-refractivity contribution in [3.63, 3.8) is 0 Å². The number of aryl methyl sites for hydroxylation is 2. The van der Waals surface area contributed by atoms with E-state index in [0.29, 0.717) is 6.42 Å². The molecule has 1 aromatic rings. The molecule has 1 N–H and O–H groups in total. The molecule has 0 aliphatic carbocycles. The summed E-state index contributed by atoms with van der Waals surface area (Å²) in [5.41, 5.74) is 3.17. The maximum absolute atomic E-state index is 12.1. The average molecular weight is 235 g/mol. The minimum Gasteiger partial charge on any atom is -0.396 e. The molecule has 0 bridgehead atoms. The summed E-state index contributed by atoms with van der Waals surface area (Å²) in [6, 6.07) is 6.00. The smallest absolute Gasteiger partial charge is 0.232 e. The molecule has 0 aliphatic rings. The highest BCUT2D eigenvalue weighted by Gasteiger charge is 2.21. The molecule has 3 heteroatoms. The molecular weight excluding hydrogens is 214 g/mol. The van der Waals surface area contributed by atoms with Crippen LogP contribution >= 0.6 is 0 Å².